The number of hydrogen-bond acceptors (Lipinski definition) is 5. The molecule has 0 radical (unpaired) electrons. The van der Waals surface area contributed by atoms with Gasteiger partial charge in [0.05, 0.1) is 11.0 Å². The molecular weight excluding hydrogens is 432 g/mol. The van der Waals surface area contributed by atoms with E-state index in [-0.39, 0.29) is 17.6 Å². The molecule has 1 aliphatic heterocycles. The topological polar surface area (TPSA) is 68.6 Å². The molecule has 3 rings (SSSR count). The molecule has 0 N–H and O–H groups in total. The summed E-state index contributed by atoms with van der Waals surface area (Å²) in [6.45, 7) is 3.04. The second kappa shape index (κ2) is 8.14. The third-order valence-electron chi connectivity index (χ3n) is 3.69. The maximum absolute atomic E-state index is 12.5. The molecule has 0 aliphatic carbocycles. The minimum atomic E-state index is -0.605. The lowest BCUT2D eigenvalue weighted by molar-refractivity contribution is -0.149. The Morgan fingerprint density at radius 3 is 2.59 bits per heavy atom. The van der Waals surface area contributed by atoms with Gasteiger partial charge in [-0.3, -0.25) is 19.3 Å². The van der Waals surface area contributed by atoms with Gasteiger partial charge in [0, 0.05) is 22.1 Å². The second-order valence-electron chi connectivity index (χ2n) is 6.09. The molecule has 0 spiro atoms. The van der Waals surface area contributed by atoms with E-state index in [1.807, 2.05) is 47.2 Å². The van der Waals surface area contributed by atoms with Crippen molar-refractivity contribution in [1.82, 2.24) is 9.47 Å². The van der Waals surface area contributed by atoms with Crippen LogP contribution in [0.25, 0.3) is 11.8 Å². The summed E-state index contributed by atoms with van der Waals surface area (Å²) in [5.74, 6) is -1.10. The predicted molar refractivity (Wildman–Crippen MR) is 107 cm³/mol. The monoisotopic (exact) mass is 448 g/mol. The van der Waals surface area contributed by atoms with E-state index in [2.05, 4.69) is 15.9 Å². The number of amides is 2. The first-order chi connectivity index (χ1) is 12.8. The molecule has 27 heavy (non-hydrogen) atoms. The second-order valence-corrected chi connectivity index (χ2v) is 7.99. The number of imide groups is 1. The molecule has 0 unspecified atom stereocenters. The number of hydrogen-bond donors (Lipinski definition) is 0. The van der Waals surface area contributed by atoms with Crippen molar-refractivity contribution in [1.29, 1.82) is 0 Å². The summed E-state index contributed by atoms with van der Waals surface area (Å²) in [6, 6.07) is 11.4. The smallest absolute Gasteiger partial charge is 0.326 e. The number of carbonyl (C=O) groups excluding carboxylic acids is 3. The van der Waals surface area contributed by atoms with Gasteiger partial charge in [-0.05, 0) is 68.1 Å². The number of esters is 1. The third-order valence-corrected chi connectivity index (χ3v) is 5.13. The molecule has 0 saturated carbocycles. The highest BCUT2D eigenvalue weighted by atomic mass is 79.9. The van der Waals surface area contributed by atoms with Gasteiger partial charge in [-0.25, -0.2) is 0 Å². The Bertz CT molecular complexity index is 918. The summed E-state index contributed by atoms with van der Waals surface area (Å²) in [5, 5.41) is -0.478. The standard InChI is InChI=1S/C19H17BrN2O4S/c1-12(2)26-17(23)11-22-18(24)16(27-19(22)25)10-15-4-3-9-21(15)14-7-5-13(20)6-8-14/h3-10,12H,11H2,1-2H3/b16-10+. The molecule has 1 aromatic carbocycles. The van der Waals surface area contributed by atoms with Crippen LogP contribution in [0.15, 0.2) is 52.0 Å². The largest absolute Gasteiger partial charge is 0.462 e. The Morgan fingerprint density at radius 2 is 1.93 bits per heavy atom. The van der Waals surface area contributed by atoms with E-state index in [0.29, 0.717) is 0 Å². The van der Waals surface area contributed by atoms with Crippen LogP contribution in [0.3, 0.4) is 0 Å². The first kappa shape index (κ1) is 19.4. The summed E-state index contributed by atoms with van der Waals surface area (Å²) >= 11 is 4.22. The zero-order valence-electron chi connectivity index (χ0n) is 14.7. The van der Waals surface area contributed by atoms with Gasteiger partial charge in [0.2, 0.25) is 0 Å². The number of carbonyl (C=O) groups is 3. The van der Waals surface area contributed by atoms with Crippen molar-refractivity contribution in [3.05, 3.63) is 57.7 Å². The van der Waals surface area contributed by atoms with E-state index in [9.17, 15) is 14.4 Å². The molecule has 2 heterocycles. The molecule has 1 aliphatic rings. The SMILES string of the molecule is CC(C)OC(=O)CN1C(=O)S/C(=C/c2cccn2-c2ccc(Br)cc2)C1=O. The van der Waals surface area contributed by atoms with Crippen molar-refractivity contribution in [3.8, 4) is 5.69 Å². The summed E-state index contributed by atoms with van der Waals surface area (Å²) in [7, 11) is 0. The first-order valence-corrected chi connectivity index (χ1v) is 9.84. The van der Waals surface area contributed by atoms with Gasteiger partial charge < -0.3 is 9.30 Å². The van der Waals surface area contributed by atoms with E-state index < -0.39 is 17.1 Å². The van der Waals surface area contributed by atoms with E-state index >= 15 is 0 Å². The van der Waals surface area contributed by atoms with Crippen molar-refractivity contribution in [3.63, 3.8) is 0 Å². The van der Waals surface area contributed by atoms with Crippen molar-refractivity contribution < 1.29 is 19.1 Å². The van der Waals surface area contributed by atoms with Gasteiger partial charge in [-0.15, -0.1) is 0 Å². The molecule has 6 nitrogen and oxygen atoms in total. The first-order valence-electron chi connectivity index (χ1n) is 8.23. The molecule has 0 bridgehead atoms. The number of ether oxygens (including phenoxy) is 1. The van der Waals surface area contributed by atoms with Crippen molar-refractivity contribution >= 4 is 50.9 Å². The van der Waals surface area contributed by atoms with Crippen LogP contribution in [0.1, 0.15) is 19.5 Å². The molecule has 140 valence electrons. The van der Waals surface area contributed by atoms with E-state index in [0.717, 1.165) is 32.5 Å². The zero-order chi connectivity index (χ0) is 19.6. The fraction of sp³-hybridized carbons (Fsp3) is 0.211. The third kappa shape index (κ3) is 4.51. The number of halogens is 1. The summed E-state index contributed by atoms with van der Waals surface area (Å²) < 4.78 is 7.89. The average molecular weight is 449 g/mol. The molecule has 1 aromatic heterocycles. The molecule has 2 aromatic rings. The lowest BCUT2D eigenvalue weighted by atomic mass is 10.3. The Kier molecular flexibility index (Phi) is 5.86. The van der Waals surface area contributed by atoms with Gasteiger partial charge in [-0.2, -0.15) is 0 Å². The predicted octanol–water partition coefficient (Wildman–Crippen LogP) is 4.23. The molecular formula is C19H17BrN2O4S. The maximum atomic E-state index is 12.5. The highest BCUT2D eigenvalue weighted by Gasteiger charge is 2.37. The molecule has 0 atom stereocenters. The average Bonchev–Trinajstić information content (AvgIpc) is 3.15. The number of aromatic nitrogens is 1. The number of nitrogens with zero attached hydrogens (tertiary/aromatic N) is 2. The van der Waals surface area contributed by atoms with Gasteiger partial charge in [0.1, 0.15) is 6.54 Å². The molecule has 2 amide bonds. The van der Waals surface area contributed by atoms with Crippen LogP contribution in [-0.2, 0) is 14.3 Å². The fourth-order valence-corrected chi connectivity index (χ4v) is 3.64. The van der Waals surface area contributed by atoms with Crippen LogP contribution in [0.4, 0.5) is 4.79 Å². The fourth-order valence-electron chi connectivity index (χ4n) is 2.55. The van der Waals surface area contributed by atoms with Gasteiger partial charge in [0.25, 0.3) is 11.1 Å². The Morgan fingerprint density at radius 1 is 1.22 bits per heavy atom. The van der Waals surface area contributed by atoms with Gasteiger partial charge in [0.15, 0.2) is 0 Å². The van der Waals surface area contributed by atoms with Crippen molar-refractivity contribution in [2.75, 3.05) is 6.54 Å². The number of thioether (sulfide) groups is 1. The van der Waals surface area contributed by atoms with E-state index in [1.54, 1.807) is 19.9 Å². The number of benzene rings is 1. The summed E-state index contributed by atoms with van der Waals surface area (Å²) in [6.07, 6.45) is 3.22. The van der Waals surface area contributed by atoms with Gasteiger partial charge >= 0.3 is 5.97 Å². The van der Waals surface area contributed by atoms with Crippen LogP contribution >= 0.6 is 27.7 Å². The summed E-state index contributed by atoms with van der Waals surface area (Å²) in [4.78, 5) is 37.7. The lowest BCUT2D eigenvalue weighted by Crippen LogP contribution is -2.35. The zero-order valence-corrected chi connectivity index (χ0v) is 17.1. The molecule has 8 heteroatoms. The van der Waals surface area contributed by atoms with Crippen LogP contribution in [-0.4, -0.2) is 39.2 Å². The van der Waals surface area contributed by atoms with Gasteiger partial charge in [-0.1, -0.05) is 15.9 Å². The molecule has 1 saturated heterocycles. The Hall–Kier alpha value is -2.32. The van der Waals surface area contributed by atoms with Crippen LogP contribution in [0.2, 0.25) is 0 Å². The van der Waals surface area contributed by atoms with Crippen LogP contribution < -0.4 is 0 Å². The Labute approximate surface area is 169 Å². The highest BCUT2D eigenvalue weighted by Crippen LogP contribution is 2.32. The minimum Gasteiger partial charge on any atom is -0.462 e. The van der Waals surface area contributed by atoms with Crippen molar-refractivity contribution in [2.24, 2.45) is 0 Å². The van der Waals surface area contributed by atoms with Crippen LogP contribution in [0.5, 0.6) is 0 Å². The minimum absolute atomic E-state index is 0.273. The maximum Gasteiger partial charge on any atom is 0.326 e. The quantitative estimate of drug-likeness (QED) is 0.505. The Balaban J connectivity index is 1.82. The summed E-state index contributed by atoms with van der Waals surface area (Å²) in [5.41, 5.74) is 1.68. The van der Waals surface area contributed by atoms with Crippen molar-refractivity contribution in [2.45, 2.75) is 20.0 Å². The lowest BCUT2D eigenvalue weighted by Gasteiger charge is -2.13. The van der Waals surface area contributed by atoms with E-state index in [4.69, 9.17) is 4.74 Å². The van der Waals surface area contributed by atoms with E-state index in [1.165, 1.54) is 0 Å². The highest BCUT2D eigenvalue weighted by molar-refractivity contribution is 9.10. The number of rotatable bonds is 5. The van der Waals surface area contributed by atoms with Crippen LogP contribution in [0, 0.1) is 0 Å². The normalized spacial score (nSPS) is 15.9. The molecule has 1 fully saturated rings.